The molecule has 0 radical (unpaired) electrons. The van der Waals surface area contributed by atoms with Crippen LogP contribution in [0.4, 0.5) is 35.0 Å². The minimum absolute atomic E-state index is 0.223. The summed E-state index contributed by atoms with van der Waals surface area (Å²) in [5, 5.41) is 9.52. The van der Waals surface area contributed by atoms with E-state index in [1.54, 1.807) is 6.07 Å². The first kappa shape index (κ1) is 20.4. The first-order chi connectivity index (χ1) is 14.8. The minimum Gasteiger partial charge on any atom is -0.378 e. The minimum atomic E-state index is -4.80. The molecule has 0 spiro atoms. The number of nitrogens with zero attached hydrogens (tertiary/aromatic N) is 5. The summed E-state index contributed by atoms with van der Waals surface area (Å²) < 4.78 is 60.7. The van der Waals surface area contributed by atoms with E-state index in [2.05, 4.69) is 37.3 Å². The maximum atomic E-state index is 15.2. The van der Waals surface area contributed by atoms with Gasteiger partial charge in [-0.15, -0.1) is 0 Å². The second-order valence-electron chi connectivity index (χ2n) is 8.40. The number of H-pyrrole nitrogens is 1. The number of alkyl halides is 3. The normalized spacial score (nSPS) is 24.9. The highest BCUT2D eigenvalue weighted by Gasteiger charge is 2.39. The predicted octanol–water partition coefficient (Wildman–Crippen LogP) is 2.75. The molecule has 2 N–H and O–H groups in total. The van der Waals surface area contributed by atoms with Crippen molar-refractivity contribution in [1.29, 1.82) is 0 Å². The lowest BCUT2D eigenvalue weighted by Crippen LogP contribution is -2.56. The summed E-state index contributed by atoms with van der Waals surface area (Å²) in [7, 11) is 0. The Bertz CT molecular complexity index is 953. The number of aromatic amines is 1. The molecule has 0 bridgehead atoms. The van der Waals surface area contributed by atoms with E-state index in [0.717, 1.165) is 12.1 Å². The number of rotatable bonds is 5. The molecule has 2 aromatic heterocycles. The molecule has 2 aliphatic heterocycles. The van der Waals surface area contributed by atoms with Gasteiger partial charge in [0.1, 0.15) is 0 Å². The van der Waals surface area contributed by atoms with Crippen molar-refractivity contribution in [1.82, 2.24) is 25.1 Å². The fourth-order valence-electron chi connectivity index (χ4n) is 4.05. The highest BCUT2D eigenvalue weighted by atomic mass is 19.4. The molecule has 12 heteroatoms. The molecule has 4 heterocycles. The lowest BCUT2D eigenvalue weighted by atomic mass is 10.2. The summed E-state index contributed by atoms with van der Waals surface area (Å²) in [5.41, 5.74) is 0.872. The summed E-state index contributed by atoms with van der Waals surface area (Å²) in [5.74, 6) is -2.09. The van der Waals surface area contributed by atoms with E-state index in [9.17, 15) is 13.2 Å². The number of anilines is 3. The summed E-state index contributed by atoms with van der Waals surface area (Å²) in [6, 6.07) is 2.01. The number of nitrogens with one attached hydrogen (secondary N) is 2. The lowest BCUT2D eigenvalue weighted by molar-refractivity contribution is -0.144. The Kier molecular flexibility index (Phi) is 5.00. The van der Waals surface area contributed by atoms with Crippen LogP contribution in [-0.4, -0.2) is 70.5 Å². The van der Waals surface area contributed by atoms with Gasteiger partial charge in [-0.1, -0.05) is 6.92 Å². The van der Waals surface area contributed by atoms with Gasteiger partial charge in [0, 0.05) is 43.9 Å². The number of piperazine rings is 1. The average Bonchev–Trinajstić information content (AvgIpc) is 3.23. The van der Waals surface area contributed by atoms with Crippen LogP contribution in [0.1, 0.15) is 30.8 Å². The highest BCUT2D eigenvalue weighted by molar-refractivity contribution is 5.59. The topological polar surface area (TPSA) is 82.2 Å². The Morgan fingerprint density at radius 2 is 1.87 bits per heavy atom. The van der Waals surface area contributed by atoms with E-state index in [0.29, 0.717) is 57.3 Å². The zero-order valence-corrected chi connectivity index (χ0v) is 16.9. The molecular weight excluding hydrogens is 418 g/mol. The summed E-state index contributed by atoms with van der Waals surface area (Å²) in [6.45, 7) is 5.34. The van der Waals surface area contributed by atoms with E-state index in [-0.39, 0.29) is 11.6 Å². The van der Waals surface area contributed by atoms with Crippen molar-refractivity contribution in [3.63, 3.8) is 0 Å². The number of aromatic nitrogens is 4. The SMILES string of the molecule is CC1CC1c1cc(Nc2nc(C(F)(F)F)nc(N3CCN(C4COC4)CC3)c2F)n[nH]1. The first-order valence-electron chi connectivity index (χ1n) is 10.3. The van der Waals surface area contributed by atoms with Crippen LogP contribution < -0.4 is 10.2 Å². The van der Waals surface area contributed by atoms with Crippen molar-refractivity contribution in [2.75, 3.05) is 49.6 Å². The zero-order chi connectivity index (χ0) is 21.8. The Balaban J connectivity index is 1.39. The van der Waals surface area contributed by atoms with Crippen molar-refractivity contribution < 1.29 is 22.3 Å². The van der Waals surface area contributed by atoms with Crippen LogP contribution in [0.3, 0.4) is 0 Å². The highest BCUT2D eigenvalue weighted by Crippen LogP contribution is 2.46. The van der Waals surface area contributed by atoms with Gasteiger partial charge in [0.15, 0.2) is 17.5 Å². The molecule has 31 heavy (non-hydrogen) atoms. The van der Waals surface area contributed by atoms with Gasteiger partial charge >= 0.3 is 6.18 Å². The van der Waals surface area contributed by atoms with Gasteiger partial charge in [0.25, 0.3) is 0 Å². The fraction of sp³-hybridized carbons (Fsp3) is 0.632. The Labute approximate surface area is 176 Å². The van der Waals surface area contributed by atoms with E-state index >= 15 is 4.39 Å². The van der Waals surface area contributed by atoms with Crippen molar-refractivity contribution in [3.8, 4) is 0 Å². The number of hydrogen-bond acceptors (Lipinski definition) is 7. The van der Waals surface area contributed by atoms with Crippen LogP contribution in [0.15, 0.2) is 6.07 Å². The Hall–Kier alpha value is -2.47. The third-order valence-electron chi connectivity index (χ3n) is 6.19. The van der Waals surface area contributed by atoms with Crippen LogP contribution in [0, 0.1) is 11.7 Å². The lowest BCUT2D eigenvalue weighted by Gasteiger charge is -2.42. The van der Waals surface area contributed by atoms with E-state index < -0.39 is 23.6 Å². The molecule has 2 atom stereocenters. The van der Waals surface area contributed by atoms with Crippen LogP contribution in [0.2, 0.25) is 0 Å². The third kappa shape index (κ3) is 4.05. The molecule has 3 fully saturated rings. The van der Waals surface area contributed by atoms with E-state index in [1.165, 1.54) is 4.90 Å². The molecule has 2 unspecified atom stereocenters. The monoisotopic (exact) mass is 441 g/mol. The molecule has 0 aromatic carbocycles. The number of halogens is 4. The van der Waals surface area contributed by atoms with Crippen LogP contribution in [0.5, 0.6) is 0 Å². The van der Waals surface area contributed by atoms with Gasteiger partial charge in [-0.2, -0.15) is 22.7 Å². The maximum Gasteiger partial charge on any atom is 0.451 e. The molecular formula is C19H23F4N7O. The molecule has 2 aromatic rings. The quantitative estimate of drug-likeness (QED) is 0.691. The predicted molar refractivity (Wildman–Crippen MR) is 104 cm³/mol. The van der Waals surface area contributed by atoms with Gasteiger partial charge in [-0.3, -0.25) is 10.00 Å². The average molecular weight is 441 g/mol. The second-order valence-corrected chi connectivity index (χ2v) is 8.40. The van der Waals surface area contributed by atoms with Crippen LogP contribution in [0.25, 0.3) is 0 Å². The number of ether oxygens (including phenoxy) is 1. The van der Waals surface area contributed by atoms with Gasteiger partial charge in [-0.05, 0) is 12.3 Å². The summed E-state index contributed by atoms with van der Waals surface area (Å²) in [4.78, 5) is 10.7. The zero-order valence-electron chi connectivity index (χ0n) is 16.9. The molecule has 2 saturated heterocycles. The molecule has 1 aliphatic carbocycles. The maximum absolute atomic E-state index is 15.2. The van der Waals surface area contributed by atoms with Gasteiger partial charge in [0.2, 0.25) is 11.6 Å². The molecule has 1 saturated carbocycles. The molecule has 3 aliphatic rings. The van der Waals surface area contributed by atoms with Crippen LogP contribution >= 0.6 is 0 Å². The summed E-state index contributed by atoms with van der Waals surface area (Å²) >= 11 is 0. The Morgan fingerprint density at radius 3 is 2.45 bits per heavy atom. The molecule has 0 amide bonds. The van der Waals surface area contributed by atoms with Crippen molar-refractivity contribution in [2.24, 2.45) is 5.92 Å². The van der Waals surface area contributed by atoms with Gasteiger partial charge in [0.05, 0.1) is 19.3 Å². The van der Waals surface area contributed by atoms with E-state index in [1.807, 2.05) is 0 Å². The van der Waals surface area contributed by atoms with Crippen molar-refractivity contribution in [3.05, 3.63) is 23.4 Å². The first-order valence-corrected chi connectivity index (χ1v) is 10.3. The van der Waals surface area contributed by atoms with Crippen molar-refractivity contribution >= 4 is 17.5 Å². The fourth-order valence-corrected chi connectivity index (χ4v) is 4.05. The second kappa shape index (κ2) is 7.59. The van der Waals surface area contributed by atoms with Crippen molar-refractivity contribution in [2.45, 2.75) is 31.5 Å². The number of hydrogen-bond donors (Lipinski definition) is 2. The standard InChI is InChI=1S/C19H23F4N7O/c1-10-6-12(10)13-7-14(28-27-13)24-16-15(20)17(26-18(25-16)19(21,22)23)30-4-2-29(3-5-30)11-8-31-9-11/h7,10-12H,2-6,8-9H2,1H3,(H2,24,25,26,27,28). The Morgan fingerprint density at radius 1 is 1.16 bits per heavy atom. The van der Waals surface area contributed by atoms with Gasteiger partial charge < -0.3 is 15.0 Å². The third-order valence-corrected chi connectivity index (χ3v) is 6.19. The van der Waals surface area contributed by atoms with Gasteiger partial charge in [-0.25, -0.2) is 9.97 Å². The van der Waals surface area contributed by atoms with E-state index in [4.69, 9.17) is 4.74 Å². The molecule has 168 valence electrons. The van der Waals surface area contributed by atoms with Crippen LogP contribution in [-0.2, 0) is 10.9 Å². The largest absolute Gasteiger partial charge is 0.451 e. The molecule has 8 nitrogen and oxygen atoms in total. The molecule has 5 rings (SSSR count). The summed E-state index contributed by atoms with van der Waals surface area (Å²) in [6.07, 6.45) is -3.78. The smallest absolute Gasteiger partial charge is 0.378 e.